The fourth-order valence-corrected chi connectivity index (χ4v) is 2.01. The van der Waals surface area contributed by atoms with E-state index < -0.39 is 0 Å². The van der Waals surface area contributed by atoms with E-state index in [-0.39, 0.29) is 11.9 Å². The molecule has 1 fully saturated rings. The monoisotopic (exact) mass is 222 g/mol. The van der Waals surface area contributed by atoms with Crippen molar-refractivity contribution in [3.63, 3.8) is 0 Å². The van der Waals surface area contributed by atoms with Gasteiger partial charge in [0, 0.05) is 39.1 Å². The number of nitrogens with zero attached hydrogens (tertiary/aromatic N) is 3. The number of likely N-dealkylation sites (N-methyl/N-ethyl adjacent to an activating group) is 1. The standard InChI is InChI=1S/C11H18N4O/c1-9-12-4-7-15(9)8-5-13-10-3-6-14(2)11(10)16/h4,7,10,13H,3,5-6,8H2,1-2H3. The molecule has 1 aromatic rings. The van der Waals surface area contributed by atoms with Crippen LogP contribution in [0.2, 0.25) is 0 Å². The van der Waals surface area contributed by atoms with Crippen LogP contribution in [0.3, 0.4) is 0 Å². The SMILES string of the molecule is Cc1nccn1CCNC1CCN(C)C1=O. The first-order valence-electron chi connectivity index (χ1n) is 5.64. The van der Waals surface area contributed by atoms with Crippen LogP contribution in [0, 0.1) is 6.92 Å². The highest BCUT2D eigenvalue weighted by molar-refractivity contribution is 5.83. The molecular formula is C11H18N4O. The molecule has 88 valence electrons. The minimum atomic E-state index is 0.00817. The van der Waals surface area contributed by atoms with Crippen LogP contribution in [0.15, 0.2) is 12.4 Å². The van der Waals surface area contributed by atoms with Gasteiger partial charge in [0.25, 0.3) is 0 Å². The van der Waals surface area contributed by atoms with Crippen LogP contribution >= 0.6 is 0 Å². The molecule has 0 aliphatic carbocycles. The van der Waals surface area contributed by atoms with Crippen molar-refractivity contribution < 1.29 is 4.79 Å². The molecule has 1 N–H and O–H groups in total. The van der Waals surface area contributed by atoms with Gasteiger partial charge in [-0.25, -0.2) is 4.98 Å². The summed E-state index contributed by atoms with van der Waals surface area (Å²) in [6.07, 6.45) is 4.67. The van der Waals surface area contributed by atoms with Crippen LogP contribution in [0.5, 0.6) is 0 Å². The van der Waals surface area contributed by atoms with Gasteiger partial charge < -0.3 is 14.8 Å². The topological polar surface area (TPSA) is 50.2 Å². The third-order valence-electron chi connectivity index (χ3n) is 3.09. The molecule has 16 heavy (non-hydrogen) atoms. The maximum Gasteiger partial charge on any atom is 0.239 e. The van der Waals surface area contributed by atoms with Gasteiger partial charge >= 0.3 is 0 Å². The lowest BCUT2D eigenvalue weighted by Gasteiger charge is -2.12. The molecule has 1 amide bonds. The zero-order valence-corrected chi connectivity index (χ0v) is 9.81. The Labute approximate surface area is 95.5 Å². The second-order valence-corrected chi connectivity index (χ2v) is 4.22. The minimum absolute atomic E-state index is 0.00817. The number of aromatic nitrogens is 2. The van der Waals surface area contributed by atoms with E-state index in [4.69, 9.17) is 0 Å². The highest BCUT2D eigenvalue weighted by Crippen LogP contribution is 2.07. The molecule has 5 heteroatoms. The highest BCUT2D eigenvalue weighted by atomic mass is 16.2. The molecule has 0 bridgehead atoms. The van der Waals surface area contributed by atoms with Crippen molar-refractivity contribution in [2.45, 2.75) is 25.9 Å². The molecule has 1 atom stereocenters. The van der Waals surface area contributed by atoms with E-state index in [1.165, 1.54) is 0 Å². The number of aryl methyl sites for hydroxylation is 1. The summed E-state index contributed by atoms with van der Waals surface area (Å²) < 4.78 is 2.08. The van der Waals surface area contributed by atoms with Crippen molar-refractivity contribution >= 4 is 5.91 Å². The van der Waals surface area contributed by atoms with E-state index in [1.807, 2.05) is 20.2 Å². The average Bonchev–Trinajstić information content (AvgIpc) is 2.80. The molecule has 5 nitrogen and oxygen atoms in total. The van der Waals surface area contributed by atoms with Crippen molar-refractivity contribution in [3.8, 4) is 0 Å². The Morgan fingerprint density at radius 2 is 2.44 bits per heavy atom. The number of hydrogen-bond acceptors (Lipinski definition) is 3. The zero-order chi connectivity index (χ0) is 11.5. The van der Waals surface area contributed by atoms with Gasteiger partial charge in [-0.05, 0) is 13.3 Å². The van der Waals surface area contributed by atoms with Crippen LogP contribution in [-0.2, 0) is 11.3 Å². The lowest BCUT2D eigenvalue weighted by atomic mass is 10.2. The van der Waals surface area contributed by atoms with Gasteiger partial charge in [0.05, 0.1) is 6.04 Å². The summed E-state index contributed by atoms with van der Waals surface area (Å²) in [5.74, 6) is 1.22. The zero-order valence-electron chi connectivity index (χ0n) is 9.81. The first-order chi connectivity index (χ1) is 7.68. The average molecular weight is 222 g/mol. The summed E-state index contributed by atoms with van der Waals surface area (Å²) >= 11 is 0. The first-order valence-corrected chi connectivity index (χ1v) is 5.64. The van der Waals surface area contributed by atoms with Gasteiger partial charge in [-0.2, -0.15) is 0 Å². The van der Waals surface area contributed by atoms with Crippen molar-refractivity contribution in [2.75, 3.05) is 20.1 Å². The van der Waals surface area contributed by atoms with E-state index >= 15 is 0 Å². The fourth-order valence-electron chi connectivity index (χ4n) is 2.01. The Morgan fingerprint density at radius 1 is 1.62 bits per heavy atom. The molecule has 0 spiro atoms. The highest BCUT2D eigenvalue weighted by Gasteiger charge is 2.27. The second kappa shape index (κ2) is 4.65. The largest absolute Gasteiger partial charge is 0.344 e. The van der Waals surface area contributed by atoms with Crippen molar-refractivity contribution in [2.24, 2.45) is 0 Å². The van der Waals surface area contributed by atoms with E-state index in [1.54, 1.807) is 11.1 Å². The number of amides is 1. The van der Waals surface area contributed by atoms with Crippen LogP contribution in [0.25, 0.3) is 0 Å². The molecular weight excluding hydrogens is 204 g/mol. The number of carbonyl (C=O) groups excluding carboxylic acids is 1. The lowest BCUT2D eigenvalue weighted by Crippen LogP contribution is -2.38. The summed E-state index contributed by atoms with van der Waals surface area (Å²) in [7, 11) is 1.85. The van der Waals surface area contributed by atoms with Crippen molar-refractivity contribution in [1.82, 2.24) is 19.8 Å². The molecule has 2 rings (SSSR count). The van der Waals surface area contributed by atoms with E-state index in [0.29, 0.717) is 0 Å². The fraction of sp³-hybridized carbons (Fsp3) is 0.636. The first kappa shape index (κ1) is 11.1. The lowest BCUT2D eigenvalue weighted by molar-refractivity contribution is -0.128. The third-order valence-corrected chi connectivity index (χ3v) is 3.09. The third kappa shape index (κ3) is 2.24. The number of hydrogen-bond donors (Lipinski definition) is 1. The quantitative estimate of drug-likeness (QED) is 0.781. The van der Waals surface area contributed by atoms with E-state index in [0.717, 1.165) is 31.9 Å². The van der Waals surface area contributed by atoms with Gasteiger partial charge in [-0.15, -0.1) is 0 Å². The molecule has 1 saturated heterocycles. The number of rotatable bonds is 4. The second-order valence-electron chi connectivity index (χ2n) is 4.22. The molecule has 0 radical (unpaired) electrons. The number of likely N-dealkylation sites (tertiary alicyclic amines) is 1. The van der Waals surface area contributed by atoms with Crippen molar-refractivity contribution in [1.29, 1.82) is 0 Å². The van der Waals surface area contributed by atoms with Crippen LogP contribution in [-0.4, -0.2) is 46.5 Å². The number of carbonyl (C=O) groups is 1. The normalized spacial score (nSPS) is 20.8. The van der Waals surface area contributed by atoms with Crippen LogP contribution < -0.4 is 5.32 Å². The van der Waals surface area contributed by atoms with Gasteiger partial charge in [0.15, 0.2) is 0 Å². The Kier molecular flexibility index (Phi) is 3.24. The number of imidazole rings is 1. The Morgan fingerprint density at radius 3 is 3.00 bits per heavy atom. The van der Waals surface area contributed by atoms with E-state index in [9.17, 15) is 4.79 Å². The predicted octanol–water partition coefficient (Wildman–Crippen LogP) is 0.0118. The van der Waals surface area contributed by atoms with Crippen molar-refractivity contribution in [3.05, 3.63) is 18.2 Å². The molecule has 1 aliphatic heterocycles. The van der Waals surface area contributed by atoms with Gasteiger partial charge in [-0.1, -0.05) is 0 Å². The van der Waals surface area contributed by atoms with Gasteiger partial charge in [0.2, 0.25) is 5.91 Å². The Balaban J connectivity index is 1.77. The molecule has 1 aromatic heterocycles. The maximum atomic E-state index is 11.6. The maximum absolute atomic E-state index is 11.6. The Bertz CT molecular complexity index is 374. The van der Waals surface area contributed by atoms with Gasteiger partial charge in [-0.3, -0.25) is 4.79 Å². The minimum Gasteiger partial charge on any atom is -0.344 e. The molecule has 1 unspecified atom stereocenters. The summed E-state index contributed by atoms with van der Waals surface area (Å²) in [5.41, 5.74) is 0. The molecule has 2 heterocycles. The Hall–Kier alpha value is -1.36. The van der Waals surface area contributed by atoms with Crippen LogP contribution in [0.4, 0.5) is 0 Å². The predicted molar refractivity (Wildman–Crippen MR) is 61.0 cm³/mol. The summed E-state index contributed by atoms with van der Waals surface area (Å²) in [4.78, 5) is 17.5. The smallest absolute Gasteiger partial charge is 0.239 e. The van der Waals surface area contributed by atoms with E-state index in [2.05, 4.69) is 14.9 Å². The van der Waals surface area contributed by atoms with Gasteiger partial charge in [0.1, 0.15) is 5.82 Å². The molecule has 1 aliphatic rings. The molecule has 0 aromatic carbocycles. The summed E-state index contributed by atoms with van der Waals surface area (Å²) in [6, 6.07) is 0.00817. The summed E-state index contributed by atoms with van der Waals surface area (Å²) in [5, 5.41) is 3.29. The molecule has 0 saturated carbocycles. The van der Waals surface area contributed by atoms with Crippen LogP contribution in [0.1, 0.15) is 12.2 Å². The summed E-state index contributed by atoms with van der Waals surface area (Å²) in [6.45, 7) is 4.51. The number of nitrogens with one attached hydrogen (secondary N) is 1.